The smallest absolute Gasteiger partial charge is 0.235 e. The van der Waals surface area contributed by atoms with Crippen molar-refractivity contribution in [2.45, 2.75) is 23.0 Å². The van der Waals surface area contributed by atoms with Crippen molar-refractivity contribution < 1.29 is 8.42 Å². The Kier molecular flexibility index (Phi) is 2.93. The van der Waals surface area contributed by atoms with E-state index in [0.717, 1.165) is 17.7 Å². The first kappa shape index (κ1) is 10.8. The second kappa shape index (κ2) is 4.06. The van der Waals surface area contributed by atoms with Gasteiger partial charge in [0.25, 0.3) is 0 Å². The summed E-state index contributed by atoms with van der Waals surface area (Å²) in [6, 6.07) is 7.44. The van der Waals surface area contributed by atoms with Gasteiger partial charge < -0.3 is 0 Å². The molecule has 0 spiro atoms. The summed E-state index contributed by atoms with van der Waals surface area (Å²) >= 11 is 1.60. The molecule has 0 atom stereocenters. The van der Waals surface area contributed by atoms with Gasteiger partial charge in [0.05, 0.1) is 5.25 Å². The molecule has 3 nitrogen and oxygen atoms in total. The van der Waals surface area contributed by atoms with Crippen LogP contribution in [0.1, 0.15) is 12.8 Å². The molecule has 0 heterocycles. The fraction of sp³-hybridized carbons (Fsp3) is 0.400. The molecule has 0 bridgehead atoms. The molecule has 0 aromatic heterocycles. The summed E-state index contributed by atoms with van der Waals surface area (Å²) in [7, 11) is -3.12. The van der Waals surface area contributed by atoms with E-state index in [1.54, 1.807) is 17.8 Å². The number of hydrogen-bond acceptors (Lipinski definition) is 3. The Morgan fingerprint density at radius 3 is 2.73 bits per heavy atom. The second-order valence-electron chi connectivity index (χ2n) is 3.58. The summed E-state index contributed by atoms with van der Waals surface area (Å²) in [6.45, 7) is 0. The Labute approximate surface area is 94.3 Å². The maximum atomic E-state index is 11.6. The molecular formula is C10H13NO2S2. The highest BCUT2D eigenvalue weighted by molar-refractivity contribution is 7.98. The zero-order chi connectivity index (χ0) is 10.9. The average Bonchev–Trinajstić information content (AvgIpc) is 3.00. The highest BCUT2D eigenvalue weighted by atomic mass is 32.2. The van der Waals surface area contributed by atoms with Crippen molar-refractivity contribution in [3.8, 4) is 0 Å². The lowest BCUT2D eigenvalue weighted by Gasteiger charge is -2.07. The summed E-state index contributed by atoms with van der Waals surface area (Å²) in [5.74, 6) is 0. The first-order valence-electron chi connectivity index (χ1n) is 4.77. The van der Waals surface area contributed by atoms with Crippen molar-refractivity contribution >= 4 is 27.5 Å². The number of benzene rings is 1. The molecule has 0 radical (unpaired) electrons. The predicted molar refractivity (Wildman–Crippen MR) is 63.8 cm³/mol. The van der Waals surface area contributed by atoms with Crippen molar-refractivity contribution in [1.29, 1.82) is 0 Å². The number of hydrogen-bond donors (Lipinski definition) is 1. The van der Waals surface area contributed by atoms with Gasteiger partial charge in [-0.15, -0.1) is 11.8 Å². The van der Waals surface area contributed by atoms with Crippen molar-refractivity contribution in [2.75, 3.05) is 11.0 Å². The molecule has 1 saturated carbocycles. The maximum absolute atomic E-state index is 11.6. The molecule has 82 valence electrons. The van der Waals surface area contributed by atoms with Gasteiger partial charge in [-0.25, -0.2) is 8.42 Å². The first-order valence-corrected chi connectivity index (χ1v) is 7.54. The standard InChI is InChI=1S/C10H13NO2S2/c1-14-9-4-2-3-8(7-9)11-15(12,13)10-5-6-10/h2-4,7,10-11H,5-6H2,1H3. The van der Waals surface area contributed by atoms with Gasteiger partial charge in [0.15, 0.2) is 0 Å². The molecule has 1 aliphatic rings. The van der Waals surface area contributed by atoms with Gasteiger partial charge in [0.1, 0.15) is 0 Å². The van der Waals surface area contributed by atoms with Gasteiger partial charge in [-0.1, -0.05) is 6.07 Å². The third-order valence-electron chi connectivity index (χ3n) is 2.29. The van der Waals surface area contributed by atoms with Crippen LogP contribution >= 0.6 is 11.8 Å². The first-order chi connectivity index (χ1) is 7.12. The molecule has 1 fully saturated rings. The van der Waals surface area contributed by atoms with E-state index < -0.39 is 10.0 Å². The summed E-state index contributed by atoms with van der Waals surface area (Å²) in [5, 5.41) is -0.171. The minimum absolute atomic E-state index is 0.171. The van der Waals surface area contributed by atoms with Gasteiger partial charge in [0, 0.05) is 10.6 Å². The SMILES string of the molecule is CSc1cccc(NS(=O)(=O)C2CC2)c1. The molecule has 1 aliphatic carbocycles. The van der Waals surface area contributed by atoms with Crippen LogP contribution in [-0.4, -0.2) is 19.9 Å². The molecule has 0 aliphatic heterocycles. The Bertz CT molecular complexity index is 452. The van der Waals surface area contributed by atoms with Crippen molar-refractivity contribution in [3.63, 3.8) is 0 Å². The highest BCUT2D eigenvalue weighted by Gasteiger charge is 2.35. The average molecular weight is 243 g/mol. The van der Waals surface area contributed by atoms with Crippen LogP contribution in [0.25, 0.3) is 0 Å². The van der Waals surface area contributed by atoms with Gasteiger partial charge in [-0.3, -0.25) is 4.72 Å². The molecule has 1 N–H and O–H groups in total. The van der Waals surface area contributed by atoms with Crippen LogP contribution in [0, 0.1) is 0 Å². The molecule has 1 aromatic carbocycles. The fourth-order valence-corrected chi connectivity index (χ4v) is 3.15. The molecule has 0 unspecified atom stereocenters. The van der Waals surface area contributed by atoms with E-state index in [1.807, 2.05) is 24.5 Å². The van der Waals surface area contributed by atoms with Crippen LogP contribution in [0.15, 0.2) is 29.2 Å². The van der Waals surface area contributed by atoms with E-state index in [-0.39, 0.29) is 5.25 Å². The van der Waals surface area contributed by atoms with E-state index >= 15 is 0 Å². The van der Waals surface area contributed by atoms with E-state index in [9.17, 15) is 8.42 Å². The van der Waals surface area contributed by atoms with Crippen LogP contribution in [0.2, 0.25) is 0 Å². The van der Waals surface area contributed by atoms with Gasteiger partial charge >= 0.3 is 0 Å². The van der Waals surface area contributed by atoms with E-state index in [1.165, 1.54) is 0 Å². The normalized spacial score (nSPS) is 16.3. The Balaban J connectivity index is 2.16. The molecule has 0 saturated heterocycles. The van der Waals surface area contributed by atoms with Crippen LogP contribution < -0.4 is 4.72 Å². The van der Waals surface area contributed by atoms with Crippen LogP contribution in [-0.2, 0) is 10.0 Å². The second-order valence-corrected chi connectivity index (χ2v) is 6.42. The van der Waals surface area contributed by atoms with Gasteiger partial charge in [-0.2, -0.15) is 0 Å². The molecule has 15 heavy (non-hydrogen) atoms. The Morgan fingerprint density at radius 1 is 1.40 bits per heavy atom. The van der Waals surface area contributed by atoms with Crippen LogP contribution in [0.3, 0.4) is 0 Å². The molecule has 0 amide bonds. The number of sulfonamides is 1. The third kappa shape index (κ3) is 2.66. The highest BCUT2D eigenvalue weighted by Crippen LogP contribution is 2.30. The Hall–Kier alpha value is -0.680. The summed E-state index contributed by atoms with van der Waals surface area (Å²) in [4.78, 5) is 1.06. The van der Waals surface area contributed by atoms with Crippen LogP contribution in [0.4, 0.5) is 5.69 Å². The number of nitrogens with one attached hydrogen (secondary N) is 1. The lowest BCUT2D eigenvalue weighted by molar-refractivity contribution is 0.600. The van der Waals surface area contributed by atoms with Gasteiger partial charge in [0.2, 0.25) is 10.0 Å². The zero-order valence-electron chi connectivity index (χ0n) is 8.43. The Morgan fingerprint density at radius 2 is 2.13 bits per heavy atom. The van der Waals surface area contributed by atoms with Crippen molar-refractivity contribution in [1.82, 2.24) is 0 Å². The van der Waals surface area contributed by atoms with E-state index in [0.29, 0.717) is 5.69 Å². The summed E-state index contributed by atoms with van der Waals surface area (Å²) in [6.07, 6.45) is 3.55. The lowest BCUT2D eigenvalue weighted by atomic mass is 10.3. The third-order valence-corrected chi connectivity index (χ3v) is 4.89. The summed E-state index contributed by atoms with van der Waals surface area (Å²) < 4.78 is 25.9. The van der Waals surface area contributed by atoms with E-state index in [4.69, 9.17) is 0 Å². The number of rotatable bonds is 4. The number of anilines is 1. The molecule has 1 aromatic rings. The van der Waals surface area contributed by atoms with Gasteiger partial charge in [-0.05, 0) is 37.3 Å². The maximum Gasteiger partial charge on any atom is 0.235 e. The van der Waals surface area contributed by atoms with E-state index in [2.05, 4.69) is 4.72 Å². The molecule has 2 rings (SSSR count). The largest absolute Gasteiger partial charge is 0.283 e. The van der Waals surface area contributed by atoms with Crippen LogP contribution in [0.5, 0.6) is 0 Å². The number of thioether (sulfide) groups is 1. The molecular weight excluding hydrogens is 230 g/mol. The molecule has 5 heteroatoms. The topological polar surface area (TPSA) is 46.2 Å². The quantitative estimate of drug-likeness (QED) is 0.825. The van der Waals surface area contributed by atoms with Crippen molar-refractivity contribution in [3.05, 3.63) is 24.3 Å². The minimum atomic E-state index is -3.12. The summed E-state index contributed by atoms with van der Waals surface area (Å²) in [5.41, 5.74) is 0.661. The lowest BCUT2D eigenvalue weighted by Crippen LogP contribution is -2.17. The minimum Gasteiger partial charge on any atom is -0.283 e. The fourth-order valence-electron chi connectivity index (χ4n) is 1.31. The van der Waals surface area contributed by atoms with Crippen molar-refractivity contribution in [2.24, 2.45) is 0 Å². The monoisotopic (exact) mass is 243 g/mol. The zero-order valence-corrected chi connectivity index (χ0v) is 10.1. The predicted octanol–water partition coefficient (Wildman–Crippen LogP) is 2.31.